The first kappa shape index (κ1) is 15.6. The van der Waals surface area contributed by atoms with Gasteiger partial charge in [-0.25, -0.2) is 0 Å². The molecule has 23 heavy (non-hydrogen) atoms. The molecule has 5 heteroatoms. The first-order valence-corrected chi connectivity index (χ1v) is 8.58. The lowest BCUT2D eigenvalue weighted by Gasteiger charge is -2.06. The van der Waals surface area contributed by atoms with Crippen molar-refractivity contribution < 1.29 is 9.15 Å². The van der Waals surface area contributed by atoms with E-state index in [0.717, 1.165) is 23.5 Å². The Bertz CT molecular complexity index is 744. The number of aryl methyl sites for hydroxylation is 1. The first-order chi connectivity index (χ1) is 11.4. The van der Waals surface area contributed by atoms with E-state index in [1.54, 1.807) is 11.8 Å². The minimum atomic E-state index is 0.497. The summed E-state index contributed by atoms with van der Waals surface area (Å²) < 4.78 is 11.4. The highest BCUT2D eigenvalue weighted by Gasteiger charge is 2.13. The molecule has 0 aliphatic heterocycles. The maximum Gasteiger partial charge on any atom is 0.276 e. The van der Waals surface area contributed by atoms with Crippen LogP contribution in [0.4, 0.5) is 0 Å². The molecule has 2 aromatic carbocycles. The molecule has 0 spiro atoms. The highest BCUT2D eigenvalue weighted by molar-refractivity contribution is 7.99. The van der Waals surface area contributed by atoms with E-state index < -0.39 is 0 Å². The first-order valence-electron chi connectivity index (χ1n) is 7.59. The Kier molecular flexibility index (Phi) is 5.32. The number of aromatic nitrogens is 2. The lowest BCUT2D eigenvalue weighted by molar-refractivity contribution is 0.340. The highest BCUT2D eigenvalue weighted by atomic mass is 32.2. The third-order valence-electron chi connectivity index (χ3n) is 3.28. The van der Waals surface area contributed by atoms with Gasteiger partial charge in [0, 0.05) is 5.75 Å². The molecule has 0 saturated carbocycles. The summed E-state index contributed by atoms with van der Waals surface area (Å²) in [4.78, 5) is 0. The molecule has 0 aliphatic rings. The molecule has 0 atom stereocenters. The lowest BCUT2D eigenvalue weighted by Crippen LogP contribution is -1.93. The van der Waals surface area contributed by atoms with E-state index in [9.17, 15) is 0 Å². The van der Waals surface area contributed by atoms with Gasteiger partial charge in [-0.3, -0.25) is 0 Å². The molecule has 0 amide bonds. The van der Waals surface area contributed by atoms with Gasteiger partial charge < -0.3 is 9.15 Å². The number of benzene rings is 2. The molecule has 1 aromatic heterocycles. The summed E-state index contributed by atoms with van der Waals surface area (Å²) >= 11 is 1.57. The average molecular weight is 326 g/mol. The van der Waals surface area contributed by atoms with Crippen LogP contribution < -0.4 is 4.74 Å². The van der Waals surface area contributed by atoms with Crippen LogP contribution in [-0.2, 0) is 6.42 Å². The van der Waals surface area contributed by atoms with Crippen LogP contribution in [0.15, 0.2) is 64.2 Å². The van der Waals surface area contributed by atoms with Crippen LogP contribution in [0.1, 0.15) is 12.5 Å². The molecule has 1 heterocycles. The van der Waals surface area contributed by atoms with Gasteiger partial charge in [0.05, 0.1) is 12.2 Å². The number of rotatable bonds is 7. The van der Waals surface area contributed by atoms with Crippen LogP contribution in [0, 0.1) is 0 Å². The van der Waals surface area contributed by atoms with E-state index in [1.807, 2.05) is 37.3 Å². The van der Waals surface area contributed by atoms with E-state index in [1.165, 1.54) is 5.56 Å². The van der Waals surface area contributed by atoms with Crippen LogP contribution in [0.3, 0.4) is 0 Å². The van der Waals surface area contributed by atoms with E-state index >= 15 is 0 Å². The number of para-hydroxylation sites is 1. The Morgan fingerprint density at radius 2 is 1.78 bits per heavy atom. The summed E-state index contributed by atoms with van der Waals surface area (Å²) in [7, 11) is 0. The Morgan fingerprint density at radius 1 is 1.00 bits per heavy atom. The van der Waals surface area contributed by atoms with Crippen molar-refractivity contribution in [2.75, 3.05) is 12.4 Å². The second-order valence-corrected chi connectivity index (χ2v) is 5.93. The maximum atomic E-state index is 5.76. The Hall–Kier alpha value is -2.27. The van der Waals surface area contributed by atoms with Crippen LogP contribution in [0.2, 0.25) is 0 Å². The van der Waals surface area contributed by atoms with E-state index in [2.05, 4.69) is 34.5 Å². The number of nitrogens with zero attached hydrogens (tertiary/aromatic N) is 2. The zero-order valence-corrected chi connectivity index (χ0v) is 13.8. The van der Waals surface area contributed by atoms with Gasteiger partial charge in [0.2, 0.25) is 0 Å². The second kappa shape index (κ2) is 7.83. The van der Waals surface area contributed by atoms with Gasteiger partial charge in [-0.2, -0.15) is 0 Å². The molecular weight excluding hydrogens is 308 g/mol. The Labute approximate surface area is 139 Å². The largest absolute Gasteiger partial charge is 0.493 e. The second-order valence-electron chi connectivity index (χ2n) is 4.89. The summed E-state index contributed by atoms with van der Waals surface area (Å²) in [6.07, 6.45) is 0.971. The van der Waals surface area contributed by atoms with Crippen molar-refractivity contribution in [2.24, 2.45) is 0 Å². The number of hydrogen-bond donors (Lipinski definition) is 0. The molecule has 118 valence electrons. The summed E-state index contributed by atoms with van der Waals surface area (Å²) in [6.45, 7) is 2.55. The SMILES string of the molecule is CCOc1ccccc1-c1nnc(SCCc2ccccc2)o1. The summed E-state index contributed by atoms with van der Waals surface area (Å²) in [5.74, 6) is 2.16. The van der Waals surface area contributed by atoms with Crippen LogP contribution in [-0.4, -0.2) is 22.6 Å². The fraction of sp³-hybridized carbons (Fsp3) is 0.222. The van der Waals surface area contributed by atoms with Gasteiger partial charge >= 0.3 is 0 Å². The molecule has 0 bridgehead atoms. The van der Waals surface area contributed by atoms with Crippen molar-refractivity contribution >= 4 is 11.8 Å². The van der Waals surface area contributed by atoms with Gasteiger partial charge in [-0.05, 0) is 31.0 Å². The normalized spacial score (nSPS) is 10.7. The Morgan fingerprint density at radius 3 is 2.61 bits per heavy atom. The zero-order chi connectivity index (χ0) is 15.9. The molecule has 0 saturated heterocycles. The standard InChI is InChI=1S/C18H18N2O2S/c1-2-21-16-11-7-6-10-15(16)17-19-20-18(22-17)23-13-12-14-8-4-3-5-9-14/h3-11H,2,12-13H2,1H3. The van der Waals surface area contributed by atoms with Crippen molar-refractivity contribution in [3.8, 4) is 17.2 Å². The monoisotopic (exact) mass is 326 g/mol. The number of thioether (sulfide) groups is 1. The number of ether oxygens (including phenoxy) is 1. The van der Waals surface area contributed by atoms with Crippen LogP contribution in [0.5, 0.6) is 5.75 Å². The molecule has 0 N–H and O–H groups in total. The highest BCUT2D eigenvalue weighted by Crippen LogP contribution is 2.30. The summed E-state index contributed by atoms with van der Waals surface area (Å²) in [6, 6.07) is 18.1. The molecule has 0 unspecified atom stereocenters. The van der Waals surface area contributed by atoms with Crippen molar-refractivity contribution in [1.82, 2.24) is 10.2 Å². The Balaban J connectivity index is 1.64. The van der Waals surface area contributed by atoms with E-state index in [-0.39, 0.29) is 0 Å². The molecule has 3 aromatic rings. The predicted molar refractivity (Wildman–Crippen MR) is 91.8 cm³/mol. The van der Waals surface area contributed by atoms with Gasteiger partial charge in [0.25, 0.3) is 11.1 Å². The zero-order valence-electron chi connectivity index (χ0n) is 12.9. The minimum Gasteiger partial charge on any atom is -0.493 e. The van der Waals surface area contributed by atoms with Gasteiger partial charge in [-0.1, -0.05) is 54.2 Å². The van der Waals surface area contributed by atoms with Crippen molar-refractivity contribution in [2.45, 2.75) is 18.6 Å². The van der Waals surface area contributed by atoms with Gasteiger partial charge in [0.15, 0.2) is 0 Å². The molecule has 4 nitrogen and oxygen atoms in total. The van der Waals surface area contributed by atoms with E-state index in [4.69, 9.17) is 9.15 Å². The minimum absolute atomic E-state index is 0.497. The molecule has 0 fully saturated rings. The van der Waals surface area contributed by atoms with Crippen molar-refractivity contribution in [3.63, 3.8) is 0 Å². The number of hydrogen-bond acceptors (Lipinski definition) is 5. The van der Waals surface area contributed by atoms with Crippen molar-refractivity contribution in [1.29, 1.82) is 0 Å². The van der Waals surface area contributed by atoms with Crippen LogP contribution in [0.25, 0.3) is 11.5 Å². The lowest BCUT2D eigenvalue weighted by atomic mass is 10.2. The quantitative estimate of drug-likeness (QED) is 0.600. The van der Waals surface area contributed by atoms with Crippen molar-refractivity contribution in [3.05, 3.63) is 60.2 Å². The molecule has 0 aliphatic carbocycles. The molecule has 3 rings (SSSR count). The smallest absolute Gasteiger partial charge is 0.276 e. The summed E-state index contributed by atoms with van der Waals surface area (Å²) in [5, 5.41) is 8.84. The fourth-order valence-electron chi connectivity index (χ4n) is 2.20. The van der Waals surface area contributed by atoms with Gasteiger partial charge in [-0.15, -0.1) is 10.2 Å². The molecular formula is C18H18N2O2S. The summed E-state index contributed by atoms with van der Waals surface area (Å²) in [5.41, 5.74) is 2.14. The third kappa shape index (κ3) is 4.13. The average Bonchev–Trinajstić information content (AvgIpc) is 3.05. The maximum absolute atomic E-state index is 5.76. The third-order valence-corrected chi connectivity index (χ3v) is 4.10. The topological polar surface area (TPSA) is 48.2 Å². The van der Waals surface area contributed by atoms with Gasteiger partial charge in [0.1, 0.15) is 5.75 Å². The van der Waals surface area contributed by atoms with E-state index in [0.29, 0.717) is 17.7 Å². The van der Waals surface area contributed by atoms with Crippen LogP contribution >= 0.6 is 11.8 Å². The molecule has 0 radical (unpaired) electrons. The predicted octanol–water partition coefficient (Wildman–Crippen LogP) is 4.47. The fourth-order valence-corrected chi connectivity index (χ4v) is 2.95.